The lowest BCUT2D eigenvalue weighted by Gasteiger charge is -2.29. The molecule has 398 valence electrons. The van der Waals surface area contributed by atoms with Gasteiger partial charge >= 0.3 is 29.9 Å². The molecule has 21 heteroatoms. The van der Waals surface area contributed by atoms with Crippen LogP contribution in [0.25, 0.3) is 10.8 Å². The first-order valence-corrected chi connectivity index (χ1v) is 24.8. The van der Waals surface area contributed by atoms with Gasteiger partial charge in [0.25, 0.3) is 0 Å². The topological polar surface area (TPSA) is 345 Å². The molecule has 73 heavy (non-hydrogen) atoms. The van der Waals surface area contributed by atoms with Gasteiger partial charge < -0.3 is 58.1 Å². The molecule has 4 rings (SSSR count). The summed E-state index contributed by atoms with van der Waals surface area (Å²) in [7, 11) is 0. The highest BCUT2D eigenvalue weighted by atomic mass is 16.4. The number of nitrogens with one attached hydrogen (secondary N) is 7. The van der Waals surface area contributed by atoms with Crippen LogP contribution in [0.1, 0.15) is 108 Å². The number of benzene rings is 3. The molecule has 0 aromatic heterocycles. The normalized spacial score (nSPS) is 17.1. The molecule has 3 aromatic rings. The lowest BCUT2D eigenvalue weighted by Crippen LogP contribution is -2.53. The van der Waals surface area contributed by atoms with Gasteiger partial charge in [-0.15, -0.1) is 0 Å². The van der Waals surface area contributed by atoms with Crippen molar-refractivity contribution in [3.8, 4) is 0 Å². The molecule has 21 nitrogen and oxygen atoms in total. The van der Waals surface area contributed by atoms with E-state index in [4.69, 9.17) is 6.52 Å². The predicted octanol–water partition coefficient (Wildman–Crippen LogP) is 2.98. The Morgan fingerprint density at radius 1 is 0.630 bits per heavy atom. The second-order valence-corrected chi connectivity index (χ2v) is 19.2. The van der Waals surface area contributed by atoms with E-state index < -0.39 is 103 Å². The Labute approximate surface area is 426 Å². The van der Waals surface area contributed by atoms with Crippen LogP contribution >= 0.6 is 0 Å². The molecule has 1 aliphatic rings. The molecular formula is C52H72N8O13. The summed E-state index contributed by atoms with van der Waals surface area (Å²) in [6.45, 7) is 6.31. The molecule has 1 saturated carbocycles. The van der Waals surface area contributed by atoms with Crippen LogP contribution in [0, 0.1) is 17.8 Å². The van der Waals surface area contributed by atoms with Crippen LogP contribution in [0.4, 0.5) is 4.79 Å². The molecule has 6 atom stereocenters. The minimum absolute atomic E-state index is 0.00812. The third-order valence-electron chi connectivity index (χ3n) is 12.9. The van der Waals surface area contributed by atoms with Crippen molar-refractivity contribution >= 4 is 64.3 Å². The van der Waals surface area contributed by atoms with Gasteiger partial charge in [0.15, 0.2) is 6.17 Å². The number of nitrogens with two attached hydrogens (primary N) is 1. The van der Waals surface area contributed by atoms with Crippen molar-refractivity contribution in [1.82, 2.24) is 37.2 Å². The van der Waals surface area contributed by atoms with E-state index in [1.807, 2.05) is 66.7 Å². The maximum Gasteiger partial charge on any atom is 0.341 e. The van der Waals surface area contributed by atoms with Gasteiger partial charge in [0.05, 0.1) is 12.0 Å². The Hall–Kier alpha value is -7.13. The van der Waals surface area contributed by atoms with Crippen molar-refractivity contribution in [2.45, 2.75) is 134 Å². The molecular weight excluding hydrogens is 945 g/mol. The van der Waals surface area contributed by atoms with E-state index in [9.17, 15) is 58.5 Å². The number of unbranched alkanes of at least 4 members (excludes halogenated alkanes) is 1. The second-order valence-electron chi connectivity index (χ2n) is 19.2. The Kier molecular flexibility index (Phi) is 22.9. The van der Waals surface area contributed by atoms with Crippen molar-refractivity contribution in [1.29, 1.82) is 0 Å². The molecule has 0 saturated heterocycles. The van der Waals surface area contributed by atoms with Crippen LogP contribution in [0.5, 0.6) is 0 Å². The minimum atomic E-state index is -1.55. The summed E-state index contributed by atoms with van der Waals surface area (Å²) in [4.78, 5) is 112. The number of hydrogen-bond donors (Lipinski definition) is 12. The summed E-state index contributed by atoms with van der Waals surface area (Å²) in [6, 6.07) is 15.1. The number of rotatable bonds is 31. The molecule has 0 aliphatic heterocycles. The quantitative estimate of drug-likeness (QED) is 0.0326. The SMILES string of the molecule is [2H]NC(CCNC(NC(=O)C(C)c1ccc(CC(C)C)cc1)C(=O)O)C(=O)NCC1CCC(C(=O)NC(Cc2ccc3ccccc3c2)C(=O)NCCCCC(NC(=O)NC(CCC(=O)O)C(=O)O)C(=O)O)CC1. The van der Waals surface area contributed by atoms with Gasteiger partial charge in [-0.25, -0.2) is 19.2 Å². The summed E-state index contributed by atoms with van der Waals surface area (Å²) >= 11 is 0. The first-order valence-electron chi connectivity index (χ1n) is 25.3. The van der Waals surface area contributed by atoms with Crippen molar-refractivity contribution < 1.29 is 65.0 Å². The summed E-state index contributed by atoms with van der Waals surface area (Å²) in [6.07, 6.45) is 1.37. The van der Waals surface area contributed by atoms with E-state index in [1.165, 1.54) is 0 Å². The molecule has 1 fully saturated rings. The zero-order chi connectivity index (χ0) is 54.3. The zero-order valence-corrected chi connectivity index (χ0v) is 41.6. The maximum absolute atomic E-state index is 13.8. The van der Waals surface area contributed by atoms with Crippen molar-refractivity contribution in [3.63, 3.8) is 0 Å². The van der Waals surface area contributed by atoms with Crippen LogP contribution in [0.15, 0.2) is 66.7 Å². The average Bonchev–Trinajstić information content (AvgIpc) is 3.36. The summed E-state index contributed by atoms with van der Waals surface area (Å²) in [5, 5.41) is 57.8. The molecule has 3 aromatic carbocycles. The highest BCUT2D eigenvalue weighted by Crippen LogP contribution is 2.29. The van der Waals surface area contributed by atoms with Gasteiger partial charge in [0.1, 0.15) is 19.5 Å². The summed E-state index contributed by atoms with van der Waals surface area (Å²) < 4.78 is 7.76. The fourth-order valence-corrected chi connectivity index (χ4v) is 8.58. The number of fused-ring (bicyclic) bond motifs is 1. The monoisotopic (exact) mass is 1020 g/mol. The average molecular weight is 1020 g/mol. The molecule has 0 spiro atoms. The lowest BCUT2D eigenvalue weighted by atomic mass is 9.81. The third kappa shape index (κ3) is 20.1. The van der Waals surface area contributed by atoms with E-state index in [1.54, 1.807) is 6.92 Å². The van der Waals surface area contributed by atoms with Crippen LogP contribution in [0.2, 0.25) is 1.41 Å². The van der Waals surface area contributed by atoms with Gasteiger partial charge in [-0.2, -0.15) is 0 Å². The Balaban J connectivity index is 1.24. The van der Waals surface area contributed by atoms with Crippen LogP contribution < -0.4 is 42.9 Å². The number of hydrogen-bond acceptors (Lipinski definition) is 11. The minimum Gasteiger partial charge on any atom is -0.481 e. The lowest BCUT2D eigenvalue weighted by molar-refractivity contribution is -0.143. The summed E-state index contributed by atoms with van der Waals surface area (Å²) in [5.74, 6) is -7.66. The number of carboxylic acids is 4. The second kappa shape index (κ2) is 29.4. The van der Waals surface area contributed by atoms with E-state index >= 15 is 0 Å². The predicted molar refractivity (Wildman–Crippen MR) is 270 cm³/mol. The Bertz CT molecular complexity index is 2400. The largest absolute Gasteiger partial charge is 0.481 e. The molecule has 0 bridgehead atoms. The van der Waals surface area contributed by atoms with Crippen LogP contribution in [0.3, 0.4) is 0 Å². The van der Waals surface area contributed by atoms with Crippen molar-refractivity contribution in [3.05, 3.63) is 83.4 Å². The van der Waals surface area contributed by atoms with Crippen LogP contribution in [-0.4, -0.2) is 124 Å². The highest BCUT2D eigenvalue weighted by molar-refractivity contribution is 5.90. The molecule has 0 heterocycles. The first kappa shape index (κ1) is 56.8. The number of carboxylic acid groups (broad SMARTS) is 4. The number of aliphatic carboxylic acids is 4. The first-order chi connectivity index (χ1) is 35.2. The van der Waals surface area contributed by atoms with Crippen molar-refractivity contribution in [2.75, 3.05) is 19.6 Å². The third-order valence-corrected chi connectivity index (χ3v) is 12.9. The number of carbonyl (C=O) groups is 9. The van der Waals surface area contributed by atoms with Crippen LogP contribution in [-0.2, 0) is 51.2 Å². The molecule has 13 N–H and O–H groups in total. The number of amides is 6. The van der Waals surface area contributed by atoms with E-state index in [0.29, 0.717) is 38.0 Å². The van der Waals surface area contributed by atoms with Gasteiger partial charge in [-0.1, -0.05) is 80.6 Å². The fourth-order valence-electron chi connectivity index (χ4n) is 8.58. The number of urea groups is 1. The Morgan fingerprint density at radius 2 is 1.27 bits per heavy atom. The number of carbonyl (C=O) groups excluding carboxylic acids is 5. The Morgan fingerprint density at radius 3 is 1.89 bits per heavy atom. The summed E-state index contributed by atoms with van der Waals surface area (Å²) in [5.41, 5.74) is 4.91. The van der Waals surface area contributed by atoms with Gasteiger partial charge in [-0.05, 0) is 117 Å². The smallest absolute Gasteiger partial charge is 0.341 e. The van der Waals surface area contributed by atoms with Gasteiger partial charge in [-0.3, -0.25) is 29.3 Å². The van der Waals surface area contributed by atoms with Gasteiger partial charge in [0, 0.05) is 31.8 Å². The molecule has 0 radical (unpaired) electrons. The molecule has 1 aliphatic carbocycles. The van der Waals surface area contributed by atoms with Gasteiger partial charge in [0.2, 0.25) is 23.6 Å². The fraction of sp³-hybridized carbons (Fsp3) is 0.519. The van der Waals surface area contributed by atoms with E-state index in [-0.39, 0.29) is 57.1 Å². The van der Waals surface area contributed by atoms with E-state index in [2.05, 4.69) is 56.8 Å². The zero-order valence-electron chi connectivity index (χ0n) is 42.6. The standard InChI is InChI=1S/C52H72N8O13/c1-30(2)26-32-11-16-35(17-12-32)31(3)45(63)60-44(51(71)72)54-25-23-39(53)47(65)56-29-33-13-19-37(20-14-33)46(64)57-42(28-34-15-18-36-8-4-5-9-38(36)27-34)48(66)55-24-7-6-10-40(49(67)68)58-52(73)59-41(50(69)70)21-22-43(61)62/h4-5,8-9,11-12,15-18,27,30-31,33,37,39-42,44,54H,6-7,10,13-14,19-26,28-29,53H2,1-3H3,(H,55,66)(H,56,65)(H,57,64)(H,60,63)(H,61,62)(H,67,68)(H,69,70)(H,71,72)(H2,58,59,73)/i/hD. The highest BCUT2D eigenvalue weighted by Gasteiger charge is 2.31. The molecule has 6 amide bonds. The maximum atomic E-state index is 13.8. The van der Waals surface area contributed by atoms with Crippen molar-refractivity contribution in [2.24, 2.45) is 23.5 Å². The molecule has 6 unspecified atom stereocenters. The van der Waals surface area contributed by atoms with E-state index in [0.717, 1.165) is 33.9 Å².